The Morgan fingerprint density at radius 2 is 2.27 bits per heavy atom. The molecule has 0 saturated heterocycles. The number of hydrogen-bond donors (Lipinski definition) is 2. The summed E-state index contributed by atoms with van der Waals surface area (Å²) in [6.45, 7) is 0.653. The van der Waals surface area contributed by atoms with Gasteiger partial charge in [0, 0.05) is 12.1 Å². The van der Waals surface area contributed by atoms with Crippen LogP contribution in [0.5, 0.6) is 5.75 Å². The molecule has 1 aromatic rings. The average molecular weight is 273 g/mol. The molecular formula is C10H13BrN2O2. The van der Waals surface area contributed by atoms with Gasteiger partial charge in [0.2, 0.25) is 5.91 Å². The summed E-state index contributed by atoms with van der Waals surface area (Å²) in [4.78, 5) is 12.4. The number of halogens is 1. The summed E-state index contributed by atoms with van der Waals surface area (Å²) in [7, 11) is 1.77. The normalized spacial score (nSPS) is 10.6. The second kappa shape index (κ2) is 5.14. The van der Waals surface area contributed by atoms with Gasteiger partial charge in [0.25, 0.3) is 0 Å². The second-order valence-corrected chi connectivity index (χ2v) is 4.24. The molecule has 0 bridgehead atoms. The predicted octanol–water partition coefficient (Wildman–Crippen LogP) is 1.07. The molecule has 0 heterocycles. The summed E-state index contributed by atoms with van der Waals surface area (Å²) in [5.41, 5.74) is 5.82. The molecule has 82 valence electrons. The van der Waals surface area contributed by atoms with Gasteiger partial charge in [0.05, 0.1) is 11.0 Å². The number of phenols is 1. The first kappa shape index (κ1) is 12.0. The van der Waals surface area contributed by atoms with Gasteiger partial charge >= 0.3 is 0 Å². The van der Waals surface area contributed by atoms with Gasteiger partial charge in [0.15, 0.2) is 0 Å². The molecule has 3 N–H and O–H groups in total. The second-order valence-electron chi connectivity index (χ2n) is 3.39. The smallest absolute Gasteiger partial charge is 0.231 e. The summed E-state index contributed by atoms with van der Waals surface area (Å²) < 4.78 is 0.646. The van der Waals surface area contributed by atoms with Gasteiger partial charge in [-0.2, -0.15) is 0 Å². The number of amides is 1. The van der Waals surface area contributed by atoms with Crippen molar-refractivity contribution in [2.75, 3.05) is 13.6 Å². The highest BCUT2D eigenvalue weighted by atomic mass is 79.9. The molecule has 0 radical (unpaired) electrons. The van der Waals surface area contributed by atoms with Crippen molar-refractivity contribution in [1.29, 1.82) is 0 Å². The van der Waals surface area contributed by atoms with Gasteiger partial charge in [-0.05, 0) is 29.0 Å². The molecular weight excluding hydrogens is 260 g/mol. The summed E-state index contributed by atoms with van der Waals surface area (Å²) in [6, 6.07) is 5.39. The van der Waals surface area contributed by atoms with Crippen molar-refractivity contribution in [3.63, 3.8) is 0 Å². The van der Waals surface area contributed by atoms with Crippen molar-refractivity contribution >= 4 is 21.8 Å². The fraction of sp³-hybridized carbons (Fsp3) is 0.300. The Hall–Kier alpha value is -1.07. The maximum atomic E-state index is 10.7. The molecule has 15 heavy (non-hydrogen) atoms. The van der Waals surface area contributed by atoms with Crippen LogP contribution in [0.1, 0.15) is 5.56 Å². The Bertz CT molecular complexity index is 368. The van der Waals surface area contributed by atoms with Crippen LogP contribution in [0.2, 0.25) is 0 Å². The third kappa shape index (κ3) is 3.53. The van der Waals surface area contributed by atoms with Crippen LogP contribution in [0.4, 0.5) is 0 Å². The van der Waals surface area contributed by atoms with Crippen LogP contribution < -0.4 is 5.73 Å². The molecule has 0 aliphatic heterocycles. The van der Waals surface area contributed by atoms with Gasteiger partial charge in [0.1, 0.15) is 5.75 Å². The van der Waals surface area contributed by atoms with Crippen molar-refractivity contribution in [3.05, 3.63) is 28.2 Å². The van der Waals surface area contributed by atoms with Gasteiger partial charge in [-0.3, -0.25) is 9.69 Å². The monoisotopic (exact) mass is 272 g/mol. The Morgan fingerprint density at radius 1 is 1.60 bits per heavy atom. The SMILES string of the molecule is CN(CC(N)=O)Cc1cccc(Br)c1O. The number of carbonyl (C=O) groups excluding carboxylic acids is 1. The standard InChI is InChI=1S/C10H13BrN2O2/c1-13(6-9(12)14)5-7-3-2-4-8(11)10(7)15/h2-4,15H,5-6H2,1H3,(H2,12,14). The Kier molecular flexibility index (Phi) is 4.11. The third-order valence-corrected chi connectivity index (χ3v) is 2.58. The van der Waals surface area contributed by atoms with E-state index in [4.69, 9.17) is 5.73 Å². The minimum atomic E-state index is -0.382. The van der Waals surface area contributed by atoms with E-state index in [1.165, 1.54) is 0 Å². The zero-order valence-corrected chi connectivity index (χ0v) is 9.99. The Labute approximate surface area is 96.8 Å². The van der Waals surface area contributed by atoms with E-state index in [1.54, 1.807) is 24.1 Å². The molecule has 0 fully saturated rings. The van der Waals surface area contributed by atoms with E-state index in [0.717, 1.165) is 5.56 Å². The number of aromatic hydroxyl groups is 1. The third-order valence-electron chi connectivity index (χ3n) is 1.94. The molecule has 0 spiro atoms. The lowest BCUT2D eigenvalue weighted by molar-refractivity contribution is -0.118. The van der Waals surface area contributed by atoms with Crippen LogP contribution in [-0.4, -0.2) is 29.5 Å². The Balaban J connectivity index is 2.72. The molecule has 0 aliphatic rings. The largest absolute Gasteiger partial charge is 0.506 e. The lowest BCUT2D eigenvalue weighted by Gasteiger charge is -2.15. The number of nitrogens with zero attached hydrogens (tertiary/aromatic N) is 1. The number of rotatable bonds is 4. The van der Waals surface area contributed by atoms with E-state index in [-0.39, 0.29) is 18.2 Å². The van der Waals surface area contributed by atoms with Crippen LogP contribution in [-0.2, 0) is 11.3 Å². The van der Waals surface area contributed by atoms with Crippen molar-refractivity contribution in [3.8, 4) is 5.75 Å². The molecule has 0 aromatic heterocycles. The number of phenolic OH excluding ortho intramolecular Hbond substituents is 1. The van der Waals surface area contributed by atoms with Crippen LogP contribution in [0.15, 0.2) is 22.7 Å². The molecule has 1 amide bonds. The summed E-state index contributed by atoms with van der Waals surface area (Å²) in [5, 5.41) is 9.69. The molecule has 0 atom stereocenters. The molecule has 0 aliphatic carbocycles. The summed E-state index contributed by atoms with van der Waals surface area (Å²) in [6.07, 6.45) is 0. The highest BCUT2D eigenvalue weighted by molar-refractivity contribution is 9.10. The first-order chi connectivity index (χ1) is 7.00. The maximum Gasteiger partial charge on any atom is 0.231 e. The number of hydrogen-bond acceptors (Lipinski definition) is 3. The van der Waals surface area contributed by atoms with Crippen LogP contribution in [0.3, 0.4) is 0 Å². The number of likely N-dealkylation sites (N-methyl/N-ethyl adjacent to an activating group) is 1. The van der Waals surface area contributed by atoms with Crippen molar-refractivity contribution in [2.45, 2.75) is 6.54 Å². The number of para-hydroxylation sites is 1. The molecule has 1 aromatic carbocycles. The number of primary amides is 1. The highest BCUT2D eigenvalue weighted by Crippen LogP contribution is 2.27. The average Bonchev–Trinajstić information content (AvgIpc) is 2.11. The lowest BCUT2D eigenvalue weighted by atomic mass is 10.2. The highest BCUT2D eigenvalue weighted by Gasteiger charge is 2.08. The van der Waals surface area contributed by atoms with E-state index in [2.05, 4.69) is 15.9 Å². The Morgan fingerprint density at radius 3 is 2.87 bits per heavy atom. The number of nitrogens with two attached hydrogens (primary N) is 1. The van der Waals surface area contributed by atoms with Crippen LogP contribution in [0.25, 0.3) is 0 Å². The summed E-state index contributed by atoms with van der Waals surface area (Å²) in [5.74, 6) is -0.180. The maximum absolute atomic E-state index is 10.7. The van der Waals surface area contributed by atoms with Gasteiger partial charge in [-0.15, -0.1) is 0 Å². The summed E-state index contributed by atoms with van der Waals surface area (Å²) >= 11 is 3.23. The fourth-order valence-electron chi connectivity index (χ4n) is 1.30. The zero-order valence-electron chi connectivity index (χ0n) is 8.40. The number of benzene rings is 1. The first-order valence-corrected chi connectivity index (χ1v) is 5.23. The zero-order chi connectivity index (χ0) is 11.4. The van der Waals surface area contributed by atoms with Crippen LogP contribution in [0, 0.1) is 0 Å². The predicted molar refractivity (Wildman–Crippen MR) is 61.3 cm³/mol. The topological polar surface area (TPSA) is 66.6 Å². The molecule has 0 saturated carbocycles. The molecule has 1 rings (SSSR count). The van der Waals surface area contributed by atoms with Gasteiger partial charge in [-0.25, -0.2) is 0 Å². The molecule has 0 unspecified atom stereocenters. The van der Waals surface area contributed by atoms with Crippen LogP contribution >= 0.6 is 15.9 Å². The molecule has 5 heteroatoms. The van der Waals surface area contributed by atoms with Gasteiger partial charge < -0.3 is 10.8 Å². The van der Waals surface area contributed by atoms with E-state index in [9.17, 15) is 9.90 Å². The lowest BCUT2D eigenvalue weighted by Crippen LogP contribution is -2.30. The quantitative estimate of drug-likeness (QED) is 0.862. The van der Waals surface area contributed by atoms with E-state index in [1.807, 2.05) is 6.07 Å². The van der Waals surface area contributed by atoms with E-state index in [0.29, 0.717) is 11.0 Å². The minimum Gasteiger partial charge on any atom is -0.506 e. The van der Waals surface area contributed by atoms with E-state index < -0.39 is 0 Å². The van der Waals surface area contributed by atoms with E-state index >= 15 is 0 Å². The van der Waals surface area contributed by atoms with Crippen molar-refractivity contribution in [1.82, 2.24) is 4.90 Å². The van der Waals surface area contributed by atoms with Gasteiger partial charge in [-0.1, -0.05) is 12.1 Å². The minimum absolute atomic E-state index is 0.173. The molecule has 4 nitrogen and oxygen atoms in total. The first-order valence-electron chi connectivity index (χ1n) is 4.44. The van der Waals surface area contributed by atoms with Crippen molar-refractivity contribution < 1.29 is 9.90 Å². The van der Waals surface area contributed by atoms with Crippen molar-refractivity contribution in [2.24, 2.45) is 5.73 Å². The fourth-order valence-corrected chi connectivity index (χ4v) is 1.71. The number of carbonyl (C=O) groups is 1.